The minimum atomic E-state index is -0.193. The van der Waals surface area contributed by atoms with Crippen LogP contribution in [0.3, 0.4) is 0 Å². The topological polar surface area (TPSA) is 72.3 Å². The summed E-state index contributed by atoms with van der Waals surface area (Å²) in [5, 5.41) is 13.2. The molecule has 15 heavy (non-hydrogen) atoms. The molecule has 3 N–H and O–H groups in total. The highest BCUT2D eigenvalue weighted by Gasteiger charge is 2.13. The van der Waals surface area contributed by atoms with E-state index in [4.69, 9.17) is 10.3 Å². The van der Waals surface area contributed by atoms with Gasteiger partial charge in [0.25, 0.3) is 0 Å². The third-order valence-electron chi connectivity index (χ3n) is 2.19. The van der Waals surface area contributed by atoms with Crippen LogP contribution in [-0.2, 0) is 0 Å². The van der Waals surface area contributed by atoms with Crippen LogP contribution in [0.2, 0.25) is 0 Å². The van der Waals surface area contributed by atoms with Gasteiger partial charge in [-0.15, -0.1) is 0 Å². The van der Waals surface area contributed by atoms with Crippen LogP contribution in [0.5, 0.6) is 5.75 Å². The van der Waals surface area contributed by atoms with Crippen LogP contribution in [-0.4, -0.2) is 10.3 Å². The molecular formula is C11H12N2O2. The summed E-state index contributed by atoms with van der Waals surface area (Å²) in [4.78, 5) is 0. The highest BCUT2D eigenvalue weighted by atomic mass is 16.5. The van der Waals surface area contributed by atoms with Crippen molar-refractivity contribution in [1.82, 2.24) is 5.16 Å². The molecule has 0 spiro atoms. The van der Waals surface area contributed by atoms with E-state index in [2.05, 4.69) is 5.16 Å². The van der Waals surface area contributed by atoms with Crippen molar-refractivity contribution >= 4 is 0 Å². The normalized spacial score (nSPS) is 12.7. The number of nitrogens with zero attached hydrogens (tertiary/aromatic N) is 1. The van der Waals surface area contributed by atoms with E-state index in [0.29, 0.717) is 5.69 Å². The van der Waals surface area contributed by atoms with Crippen molar-refractivity contribution < 1.29 is 9.63 Å². The van der Waals surface area contributed by atoms with Gasteiger partial charge in [0, 0.05) is 11.6 Å². The molecule has 78 valence electrons. The first-order chi connectivity index (χ1) is 7.18. The Morgan fingerprint density at radius 2 is 2.27 bits per heavy atom. The van der Waals surface area contributed by atoms with E-state index in [9.17, 15) is 5.11 Å². The van der Waals surface area contributed by atoms with Gasteiger partial charge in [0.2, 0.25) is 0 Å². The molecule has 1 aromatic heterocycles. The molecule has 1 unspecified atom stereocenters. The van der Waals surface area contributed by atoms with Crippen LogP contribution in [0.15, 0.2) is 35.1 Å². The molecule has 0 aliphatic rings. The van der Waals surface area contributed by atoms with Crippen molar-refractivity contribution in [2.24, 2.45) is 5.73 Å². The van der Waals surface area contributed by atoms with Crippen molar-refractivity contribution in [3.63, 3.8) is 0 Å². The van der Waals surface area contributed by atoms with Crippen molar-refractivity contribution in [2.45, 2.75) is 13.0 Å². The van der Waals surface area contributed by atoms with Gasteiger partial charge in [0.1, 0.15) is 17.7 Å². The van der Waals surface area contributed by atoms with Crippen molar-refractivity contribution in [3.8, 4) is 16.9 Å². The number of rotatable bonds is 2. The molecule has 0 amide bonds. The Labute approximate surface area is 87.3 Å². The smallest absolute Gasteiger partial charge is 0.131 e. The molecule has 0 saturated carbocycles. The summed E-state index contributed by atoms with van der Waals surface area (Å²) in [6.07, 6.45) is 1.54. The number of hydrogen-bond donors (Lipinski definition) is 2. The second kappa shape index (κ2) is 3.74. The number of phenolic OH excluding ortho intramolecular Hbond substituents is 1. The average molecular weight is 204 g/mol. The Morgan fingerprint density at radius 3 is 2.93 bits per heavy atom. The van der Waals surface area contributed by atoms with Gasteiger partial charge in [-0.3, -0.25) is 0 Å². The van der Waals surface area contributed by atoms with Gasteiger partial charge in [0.15, 0.2) is 0 Å². The zero-order valence-electron chi connectivity index (χ0n) is 8.34. The molecule has 0 aliphatic carbocycles. The van der Waals surface area contributed by atoms with Gasteiger partial charge in [-0.1, -0.05) is 17.3 Å². The molecule has 0 fully saturated rings. The maximum Gasteiger partial charge on any atom is 0.131 e. The van der Waals surface area contributed by atoms with Gasteiger partial charge in [-0.2, -0.15) is 0 Å². The molecule has 1 aromatic carbocycles. The minimum Gasteiger partial charge on any atom is -0.508 e. The van der Waals surface area contributed by atoms with Crippen LogP contribution >= 0.6 is 0 Å². The first kappa shape index (κ1) is 9.73. The largest absolute Gasteiger partial charge is 0.508 e. The van der Waals surface area contributed by atoms with E-state index in [0.717, 1.165) is 11.1 Å². The van der Waals surface area contributed by atoms with Gasteiger partial charge in [0.05, 0.1) is 0 Å². The quantitative estimate of drug-likeness (QED) is 0.785. The molecule has 0 aliphatic heterocycles. The average Bonchev–Trinajstić information content (AvgIpc) is 2.65. The lowest BCUT2D eigenvalue weighted by Crippen LogP contribution is -2.06. The molecule has 0 saturated heterocycles. The maximum atomic E-state index is 9.36. The molecule has 0 radical (unpaired) electrons. The second-order valence-electron chi connectivity index (χ2n) is 3.45. The Kier molecular flexibility index (Phi) is 2.43. The molecule has 1 atom stereocenters. The lowest BCUT2D eigenvalue weighted by molar-refractivity contribution is 0.407. The second-order valence-corrected chi connectivity index (χ2v) is 3.45. The van der Waals surface area contributed by atoms with Gasteiger partial charge >= 0.3 is 0 Å². The van der Waals surface area contributed by atoms with Crippen LogP contribution in [0.25, 0.3) is 11.1 Å². The number of hydrogen-bond acceptors (Lipinski definition) is 4. The summed E-state index contributed by atoms with van der Waals surface area (Å²) in [5.41, 5.74) is 8.12. The number of aromatic hydroxyl groups is 1. The molecule has 4 heteroatoms. The Balaban J connectivity index is 2.49. The van der Waals surface area contributed by atoms with E-state index in [1.54, 1.807) is 18.2 Å². The molecule has 0 bridgehead atoms. The lowest BCUT2D eigenvalue weighted by atomic mass is 10.0. The molecular weight excluding hydrogens is 192 g/mol. The molecule has 4 nitrogen and oxygen atoms in total. The Bertz CT molecular complexity index is 463. The van der Waals surface area contributed by atoms with Crippen LogP contribution in [0, 0.1) is 0 Å². The van der Waals surface area contributed by atoms with E-state index in [1.165, 1.54) is 6.26 Å². The minimum absolute atomic E-state index is 0.193. The number of nitrogens with two attached hydrogens (primary N) is 1. The highest BCUT2D eigenvalue weighted by molar-refractivity contribution is 5.66. The van der Waals surface area contributed by atoms with E-state index >= 15 is 0 Å². The summed E-state index contributed by atoms with van der Waals surface area (Å²) in [6.45, 7) is 1.84. The number of phenols is 1. The van der Waals surface area contributed by atoms with E-state index in [-0.39, 0.29) is 11.8 Å². The lowest BCUT2D eigenvalue weighted by Gasteiger charge is -2.04. The van der Waals surface area contributed by atoms with Crippen LogP contribution in [0.1, 0.15) is 18.7 Å². The van der Waals surface area contributed by atoms with Crippen LogP contribution < -0.4 is 5.73 Å². The van der Waals surface area contributed by atoms with E-state index < -0.39 is 0 Å². The SMILES string of the molecule is CC(N)c1nocc1-c1cccc(O)c1. The fourth-order valence-corrected chi connectivity index (χ4v) is 1.46. The van der Waals surface area contributed by atoms with Gasteiger partial charge in [-0.05, 0) is 24.6 Å². The zero-order chi connectivity index (χ0) is 10.8. The van der Waals surface area contributed by atoms with Gasteiger partial charge in [-0.25, -0.2) is 0 Å². The summed E-state index contributed by atoms with van der Waals surface area (Å²) in [7, 11) is 0. The predicted molar refractivity (Wildman–Crippen MR) is 56.2 cm³/mol. The predicted octanol–water partition coefficient (Wildman–Crippen LogP) is 2.07. The summed E-state index contributed by atoms with van der Waals surface area (Å²) < 4.78 is 4.89. The standard InChI is InChI=1S/C11H12N2O2/c1-7(12)11-10(6-15-13-11)8-3-2-4-9(14)5-8/h2-7,14H,12H2,1H3. The highest BCUT2D eigenvalue weighted by Crippen LogP contribution is 2.28. The zero-order valence-corrected chi connectivity index (χ0v) is 8.34. The maximum absolute atomic E-state index is 9.36. The van der Waals surface area contributed by atoms with E-state index in [1.807, 2.05) is 13.0 Å². The molecule has 2 aromatic rings. The fourth-order valence-electron chi connectivity index (χ4n) is 1.46. The summed E-state index contributed by atoms with van der Waals surface area (Å²) >= 11 is 0. The fraction of sp³-hybridized carbons (Fsp3) is 0.182. The third kappa shape index (κ3) is 1.85. The van der Waals surface area contributed by atoms with Crippen molar-refractivity contribution in [3.05, 3.63) is 36.2 Å². The molecule has 1 heterocycles. The van der Waals surface area contributed by atoms with Crippen LogP contribution in [0.4, 0.5) is 0 Å². The van der Waals surface area contributed by atoms with Gasteiger partial charge < -0.3 is 15.4 Å². The molecule has 2 rings (SSSR count). The summed E-state index contributed by atoms with van der Waals surface area (Å²) in [5.74, 6) is 0.212. The summed E-state index contributed by atoms with van der Waals surface area (Å²) in [6, 6.07) is 6.71. The van der Waals surface area contributed by atoms with Crippen molar-refractivity contribution in [1.29, 1.82) is 0 Å². The Morgan fingerprint density at radius 1 is 1.47 bits per heavy atom. The number of benzene rings is 1. The first-order valence-corrected chi connectivity index (χ1v) is 4.67. The third-order valence-corrected chi connectivity index (χ3v) is 2.19. The monoisotopic (exact) mass is 204 g/mol. The first-order valence-electron chi connectivity index (χ1n) is 4.67. The Hall–Kier alpha value is -1.81. The van der Waals surface area contributed by atoms with Crippen molar-refractivity contribution in [2.75, 3.05) is 0 Å². The number of aromatic nitrogens is 1.